The van der Waals surface area contributed by atoms with Crippen LogP contribution in [0, 0.1) is 11.8 Å². The van der Waals surface area contributed by atoms with Gasteiger partial charge in [0.2, 0.25) is 0 Å². The molecule has 0 spiro atoms. The maximum atomic E-state index is 4.14. The van der Waals surface area contributed by atoms with Gasteiger partial charge in [0.05, 0.1) is 0 Å². The molecule has 2 aromatic rings. The van der Waals surface area contributed by atoms with E-state index in [0.717, 1.165) is 17.7 Å². The molecule has 0 bridgehead atoms. The van der Waals surface area contributed by atoms with Crippen LogP contribution in [-0.2, 0) is 0 Å². The van der Waals surface area contributed by atoms with Gasteiger partial charge in [-0.25, -0.2) is 0 Å². The van der Waals surface area contributed by atoms with Crippen LogP contribution in [-0.4, -0.2) is 5.75 Å². The minimum atomic E-state index is 0.817. The summed E-state index contributed by atoms with van der Waals surface area (Å²) in [6, 6.07) is 14.5. The summed E-state index contributed by atoms with van der Waals surface area (Å²) in [5.74, 6) is 7.12. The predicted octanol–water partition coefficient (Wildman–Crippen LogP) is 3.51. The van der Waals surface area contributed by atoms with Gasteiger partial charge in [0, 0.05) is 17.7 Å². The van der Waals surface area contributed by atoms with E-state index in [-0.39, 0.29) is 0 Å². The van der Waals surface area contributed by atoms with E-state index in [1.54, 1.807) is 0 Å². The normalized spacial score (nSPS) is 9.67. The number of hydrogen-bond acceptors (Lipinski definition) is 1. The lowest BCUT2D eigenvalue weighted by atomic mass is 10.1. The van der Waals surface area contributed by atoms with Crippen LogP contribution in [0.2, 0.25) is 0 Å². The molecular weight excluding hydrogens is 200 g/mol. The van der Waals surface area contributed by atoms with E-state index in [0.29, 0.717) is 0 Å². The zero-order chi connectivity index (χ0) is 10.5. The Morgan fingerprint density at radius 3 is 2.67 bits per heavy atom. The summed E-state index contributed by atoms with van der Waals surface area (Å²) in [5.41, 5.74) is 1.11. The molecule has 0 aromatic heterocycles. The third-order valence-electron chi connectivity index (χ3n) is 2.25. The topological polar surface area (TPSA) is 0 Å². The van der Waals surface area contributed by atoms with E-state index in [2.05, 4.69) is 48.7 Å². The number of thiol groups is 1. The molecule has 0 unspecified atom stereocenters. The van der Waals surface area contributed by atoms with Gasteiger partial charge in [0.25, 0.3) is 0 Å². The maximum Gasteiger partial charge on any atom is 0.0323 e. The molecule has 0 fully saturated rings. The van der Waals surface area contributed by atoms with Crippen molar-refractivity contribution >= 4 is 23.4 Å². The van der Waals surface area contributed by atoms with Crippen molar-refractivity contribution in [3.8, 4) is 11.8 Å². The van der Waals surface area contributed by atoms with Crippen LogP contribution in [0.25, 0.3) is 10.8 Å². The highest BCUT2D eigenvalue weighted by atomic mass is 32.1. The van der Waals surface area contributed by atoms with E-state index in [1.807, 2.05) is 18.2 Å². The Balaban J connectivity index is 2.48. The largest absolute Gasteiger partial charge is 0.178 e. The minimum absolute atomic E-state index is 0.817. The zero-order valence-electron chi connectivity index (χ0n) is 8.40. The second kappa shape index (κ2) is 4.91. The molecule has 0 N–H and O–H groups in total. The van der Waals surface area contributed by atoms with Gasteiger partial charge in [0.1, 0.15) is 0 Å². The second-order valence-electron chi connectivity index (χ2n) is 3.30. The lowest BCUT2D eigenvalue weighted by Gasteiger charge is -1.98. The third kappa shape index (κ3) is 2.34. The van der Waals surface area contributed by atoms with Crippen LogP contribution in [0.1, 0.15) is 12.0 Å². The SMILES string of the molecule is SCCC#Cc1cccc2ccccc12. The van der Waals surface area contributed by atoms with Crippen molar-refractivity contribution in [2.45, 2.75) is 6.42 Å². The quantitative estimate of drug-likeness (QED) is 0.543. The molecule has 0 aliphatic rings. The molecule has 0 heterocycles. The third-order valence-corrected chi connectivity index (χ3v) is 2.47. The summed E-state index contributed by atoms with van der Waals surface area (Å²) in [6.07, 6.45) is 0.840. The van der Waals surface area contributed by atoms with Gasteiger partial charge < -0.3 is 0 Å². The fourth-order valence-electron chi connectivity index (χ4n) is 1.55. The van der Waals surface area contributed by atoms with Crippen molar-refractivity contribution in [3.63, 3.8) is 0 Å². The predicted molar refractivity (Wildman–Crippen MR) is 69.3 cm³/mol. The Morgan fingerprint density at radius 1 is 1.00 bits per heavy atom. The van der Waals surface area contributed by atoms with Crippen molar-refractivity contribution in [2.75, 3.05) is 5.75 Å². The first-order valence-corrected chi connectivity index (χ1v) is 5.62. The van der Waals surface area contributed by atoms with Crippen molar-refractivity contribution in [2.24, 2.45) is 0 Å². The molecule has 2 aromatic carbocycles. The summed E-state index contributed by atoms with van der Waals surface area (Å²) < 4.78 is 0. The monoisotopic (exact) mass is 212 g/mol. The van der Waals surface area contributed by atoms with Crippen molar-refractivity contribution < 1.29 is 0 Å². The smallest absolute Gasteiger partial charge is 0.0323 e. The van der Waals surface area contributed by atoms with Crippen LogP contribution in [0.4, 0.5) is 0 Å². The van der Waals surface area contributed by atoms with Crippen molar-refractivity contribution in [1.82, 2.24) is 0 Å². The first-order chi connectivity index (χ1) is 7.42. The van der Waals surface area contributed by atoms with E-state index in [4.69, 9.17) is 0 Å². The Kier molecular flexibility index (Phi) is 3.32. The molecule has 0 atom stereocenters. The van der Waals surface area contributed by atoms with E-state index >= 15 is 0 Å². The maximum absolute atomic E-state index is 4.14. The van der Waals surface area contributed by atoms with E-state index < -0.39 is 0 Å². The molecule has 1 heteroatoms. The van der Waals surface area contributed by atoms with Gasteiger partial charge in [0.15, 0.2) is 0 Å². The van der Waals surface area contributed by atoms with Gasteiger partial charge >= 0.3 is 0 Å². The fraction of sp³-hybridized carbons (Fsp3) is 0.143. The Morgan fingerprint density at radius 2 is 1.80 bits per heavy atom. The lowest BCUT2D eigenvalue weighted by Crippen LogP contribution is -1.79. The second-order valence-corrected chi connectivity index (χ2v) is 3.75. The summed E-state index contributed by atoms with van der Waals surface area (Å²) in [7, 11) is 0. The van der Waals surface area contributed by atoms with Gasteiger partial charge in [-0.1, -0.05) is 48.2 Å². The molecule has 15 heavy (non-hydrogen) atoms. The Labute approximate surface area is 95.7 Å². The Bertz CT molecular complexity index is 512. The summed E-state index contributed by atoms with van der Waals surface area (Å²) in [5, 5.41) is 2.47. The first-order valence-electron chi connectivity index (χ1n) is 4.99. The fourth-order valence-corrected chi connectivity index (χ4v) is 1.66. The van der Waals surface area contributed by atoms with Gasteiger partial charge in [-0.05, 0) is 16.8 Å². The van der Waals surface area contributed by atoms with Crippen LogP contribution >= 0.6 is 12.6 Å². The van der Waals surface area contributed by atoms with Gasteiger partial charge in [-0.15, -0.1) is 0 Å². The summed E-state index contributed by atoms with van der Waals surface area (Å²) in [4.78, 5) is 0. The molecular formula is C14H12S. The average molecular weight is 212 g/mol. The van der Waals surface area contributed by atoms with Crippen LogP contribution in [0.5, 0.6) is 0 Å². The number of hydrogen-bond donors (Lipinski definition) is 1. The summed E-state index contributed by atoms with van der Waals surface area (Å²) in [6.45, 7) is 0. The molecule has 0 aliphatic heterocycles. The molecule has 0 nitrogen and oxygen atoms in total. The molecule has 2 rings (SSSR count). The zero-order valence-corrected chi connectivity index (χ0v) is 9.30. The average Bonchev–Trinajstić information content (AvgIpc) is 2.30. The lowest BCUT2D eigenvalue weighted by molar-refractivity contribution is 1.31. The minimum Gasteiger partial charge on any atom is -0.178 e. The summed E-state index contributed by atoms with van der Waals surface area (Å²) >= 11 is 4.14. The van der Waals surface area contributed by atoms with Gasteiger partial charge in [-0.2, -0.15) is 12.6 Å². The molecule has 0 saturated carbocycles. The van der Waals surface area contributed by atoms with Gasteiger partial charge in [-0.3, -0.25) is 0 Å². The van der Waals surface area contributed by atoms with Crippen LogP contribution in [0.3, 0.4) is 0 Å². The van der Waals surface area contributed by atoms with Crippen LogP contribution < -0.4 is 0 Å². The highest BCUT2D eigenvalue weighted by Gasteiger charge is 1.95. The molecule has 0 aliphatic carbocycles. The Hall–Kier alpha value is -1.39. The number of rotatable bonds is 1. The highest BCUT2D eigenvalue weighted by Crippen LogP contribution is 2.17. The highest BCUT2D eigenvalue weighted by molar-refractivity contribution is 7.80. The van der Waals surface area contributed by atoms with E-state index in [9.17, 15) is 0 Å². The number of fused-ring (bicyclic) bond motifs is 1. The van der Waals surface area contributed by atoms with Crippen molar-refractivity contribution in [1.29, 1.82) is 0 Å². The van der Waals surface area contributed by atoms with Crippen LogP contribution in [0.15, 0.2) is 42.5 Å². The van der Waals surface area contributed by atoms with Crippen molar-refractivity contribution in [3.05, 3.63) is 48.0 Å². The standard InChI is InChI=1S/C14H12S/c15-11-4-3-7-13-9-5-8-12-6-1-2-10-14(12)13/h1-2,5-6,8-10,15H,4,11H2. The number of benzene rings is 2. The molecule has 0 saturated heterocycles. The van der Waals surface area contributed by atoms with E-state index in [1.165, 1.54) is 10.8 Å². The molecule has 0 amide bonds. The molecule has 74 valence electrons. The molecule has 0 radical (unpaired) electrons. The first kappa shape index (κ1) is 10.1.